The molecule has 0 aromatic carbocycles. The summed E-state index contributed by atoms with van der Waals surface area (Å²) in [6, 6.07) is 3.79. The second-order valence-corrected chi connectivity index (χ2v) is 6.92. The Morgan fingerprint density at radius 1 is 1.23 bits per heavy atom. The molecule has 2 amide bonds. The lowest BCUT2D eigenvalue weighted by Gasteiger charge is -2.32. The normalized spacial score (nSPS) is 21.4. The van der Waals surface area contributed by atoms with E-state index in [1.165, 1.54) is 6.39 Å². The minimum absolute atomic E-state index is 0.0434. The molecule has 2 fully saturated rings. The van der Waals surface area contributed by atoms with Crippen LogP contribution in [0.5, 0.6) is 0 Å². The van der Waals surface area contributed by atoms with Crippen LogP contribution in [0.4, 0.5) is 0 Å². The largest absolute Gasteiger partial charge is 0.343 e. The monoisotopic (exact) mass is 355 g/mol. The fraction of sp³-hybridized carbons (Fsp3) is 0.500. The smallest absolute Gasteiger partial charge is 0.227 e. The predicted octanol–water partition coefficient (Wildman–Crippen LogP) is 1.22. The summed E-state index contributed by atoms with van der Waals surface area (Å²) < 4.78 is 4.81. The summed E-state index contributed by atoms with van der Waals surface area (Å²) in [4.78, 5) is 36.9. The Hall–Kier alpha value is -2.77. The summed E-state index contributed by atoms with van der Waals surface area (Å²) in [7, 11) is 0. The van der Waals surface area contributed by atoms with Crippen molar-refractivity contribution in [3.63, 3.8) is 0 Å². The fourth-order valence-corrected chi connectivity index (χ4v) is 3.77. The van der Waals surface area contributed by atoms with Crippen LogP contribution in [0.25, 0.3) is 0 Å². The average molecular weight is 355 g/mol. The van der Waals surface area contributed by atoms with Gasteiger partial charge >= 0.3 is 0 Å². The number of amides is 2. The third kappa shape index (κ3) is 3.44. The van der Waals surface area contributed by atoms with Gasteiger partial charge in [-0.3, -0.25) is 14.6 Å². The standard InChI is InChI=1S/C18H21N5O3/c24-16-9-15(11-23(16)10-13-1-5-19-6-2-13)18(25)22-7-3-14(4-8-22)17-20-12-26-21-17/h1-2,5-6,12,14-15H,3-4,7-11H2/t15-/m0/s1. The molecule has 136 valence electrons. The van der Waals surface area contributed by atoms with E-state index >= 15 is 0 Å². The molecule has 26 heavy (non-hydrogen) atoms. The van der Waals surface area contributed by atoms with Gasteiger partial charge in [0, 0.05) is 50.9 Å². The Kier molecular flexibility index (Phi) is 4.64. The van der Waals surface area contributed by atoms with Crippen molar-refractivity contribution >= 4 is 11.8 Å². The van der Waals surface area contributed by atoms with Crippen molar-refractivity contribution in [2.75, 3.05) is 19.6 Å². The minimum Gasteiger partial charge on any atom is -0.343 e. The van der Waals surface area contributed by atoms with Crippen LogP contribution in [0.3, 0.4) is 0 Å². The summed E-state index contributed by atoms with van der Waals surface area (Å²) in [6.07, 6.45) is 6.72. The highest BCUT2D eigenvalue weighted by Crippen LogP contribution is 2.28. The Morgan fingerprint density at radius 3 is 2.69 bits per heavy atom. The van der Waals surface area contributed by atoms with E-state index in [4.69, 9.17) is 4.52 Å². The molecule has 4 rings (SSSR count). The topological polar surface area (TPSA) is 92.4 Å². The number of nitrogens with zero attached hydrogens (tertiary/aromatic N) is 5. The number of likely N-dealkylation sites (tertiary alicyclic amines) is 2. The van der Waals surface area contributed by atoms with Crippen LogP contribution in [-0.4, -0.2) is 56.4 Å². The molecule has 0 aliphatic carbocycles. The highest BCUT2D eigenvalue weighted by Gasteiger charge is 2.37. The number of hydrogen-bond donors (Lipinski definition) is 0. The van der Waals surface area contributed by atoms with Gasteiger partial charge in [0.1, 0.15) is 0 Å². The van der Waals surface area contributed by atoms with E-state index in [1.807, 2.05) is 17.0 Å². The van der Waals surface area contributed by atoms with Crippen molar-refractivity contribution in [3.05, 3.63) is 42.3 Å². The zero-order valence-electron chi connectivity index (χ0n) is 14.5. The second kappa shape index (κ2) is 7.23. The molecule has 0 bridgehead atoms. The number of piperidine rings is 1. The lowest BCUT2D eigenvalue weighted by molar-refractivity contribution is -0.136. The van der Waals surface area contributed by atoms with E-state index in [2.05, 4.69) is 15.1 Å². The van der Waals surface area contributed by atoms with Crippen molar-refractivity contribution in [1.29, 1.82) is 0 Å². The summed E-state index contributed by atoms with van der Waals surface area (Å²) in [5.74, 6) is 0.845. The van der Waals surface area contributed by atoms with E-state index in [1.54, 1.807) is 17.3 Å². The Bertz CT molecular complexity index is 756. The minimum atomic E-state index is -0.244. The van der Waals surface area contributed by atoms with E-state index in [9.17, 15) is 9.59 Å². The molecule has 0 spiro atoms. The van der Waals surface area contributed by atoms with Gasteiger partial charge in [0.05, 0.1) is 5.92 Å². The van der Waals surface area contributed by atoms with Gasteiger partial charge in [-0.2, -0.15) is 4.98 Å². The number of carbonyl (C=O) groups excluding carboxylic acids is 2. The molecule has 0 radical (unpaired) electrons. The first kappa shape index (κ1) is 16.7. The van der Waals surface area contributed by atoms with Crippen molar-refractivity contribution in [2.45, 2.75) is 31.7 Å². The molecule has 0 N–H and O–H groups in total. The van der Waals surface area contributed by atoms with Crippen LogP contribution in [0.2, 0.25) is 0 Å². The molecular weight excluding hydrogens is 334 g/mol. The molecule has 4 heterocycles. The molecule has 2 saturated heterocycles. The van der Waals surface area contributed by atoms with E-state index in [0.29, 0.717) is 32.6 Å². The number of aromatic nitrogens is 3. The maximum atomic E-state index is 12.8. The van der Waals surface area contributed by atoms with Gasteiger partial charge in [-0.15, -0.1) is 0 Å². The Labute approximate surface area is 151 Å². The van der Waals surface area contributed by atoms with Crippen LogP contribution in [0, 0.1) is 5.92 Å². The quantitative estimate of drug-likeness (QED) is 0.819. The number of rotatable bonds is 4. The lowest BCUT2D eigenvalue weighted by atomic mass is 9.95. The number of carbonyl (C=O) groups is 2. The maximum absolute atomic E-state index is 12.8. The molecule has 8 heteroatoms. The molecule has 1 atom stereocenters. The molecule has 2 aliphatic heterocycles. The number of hydrogen-bond acceptors (Lipinski definition) is 6. The zero-order valence-corrected chi connectivity index (χ0v) is 14.5. The third-order valence-electron chi connectivity index (χ3n) is 5.24. The molecule has 0 saturated carbocycles. The van der Waals surface area contributed by atoms with Gasteiger partial charge in [-0.1, -0.05) is 5.16 Å². The molecule has 2 aromatic rings. The van der Waals surface area contributed by atoms with Gasteiger partial charge in [0.25, 0.3) is 0 Å². The first-order valence-electron chi connectivity index (χ1n) is 8.92. The lowest BCUT2D eigenvalue weighted by Crippen LogP contribution is -2.42. The number of pyridine rings is 1. The first-order valence-corrected chi connectivity index (χ1v) is 8.92. The SMILES string of the molecule is O=C1C[C@H](C(=O)N2CCC(c3ncon3)CC2)CN1Cc1ccncc1. The molecule has 0 unspecified atom stereocenters. The highest BCUT2D eigenvalue weighted by molar-refractivity contribution is 5.89. The maximum Gasteiger partial charge on any atom is 0.227 e. The molecule has 2 aliphatic rings. The Morgan fingerprint density at radius 2 is 2.00 bits per heavy atom. The van der Waals surface area contributed by atoms with Crippen LogP contribution < -0.4 is 0 Å². The molecular formula is C18H21N5O3. The van der Waals surface area contributed by atoms with E-state index < -0.39 is 0 Å². The van der Waals surface area contributed by atoms with E-state index in [0.717, 1.165) is 24.2 Å². The van der Waals surface area contributed by atoms with Gasteiger partial charge in [-0.25, -0.2) is 0 Å². The summed E-state index contributed by atoms with van der Waals surface area (Å²) in [5.41, 5.74) is 1.03. The van der Waals surface area contributed by atoms with Crippen molar-refractivity contribution in [1.82, 2.24) is 24.9 Å². The summed E-state index contributed by atoms with van der Waals surface area (Å²) in [5, 5.41) is 3.90. The summed E-state index contributed by atoms with van der Waals surface area (Å²) in [6.45, 7) is 2.37. The predicted molar refractivity (Wildman–Crippen MR) is 90.6 cm³/mol. The van der Waals surface area contributed by atoms with E-state index in [-0.39, 0.29) is 23.7 Å². The molecule has 8 nitrogen and oxygen atoms in total. The zero-order chi connectivity index (χ0) is 17.9. The first-order chi connectivity index (χ1) is 12.7. The molecule has 2 aromatic heterocycles. The van der Waals surface area contributed by atoms with Gasteiger partial charge in [0.2, 0.25) is 18.2 Å². The van der Waals surface area contributed by atoms with Crippen LogP contribution in [0.15, 0.2) is 35.4 Å². The highest BCUT2D eigenvalue weighted by atomic mass is 16.5. The van der Waals surface area contributed by atoms with Crippen molar-refractivity contribution < 1.29 is 14.1 Å². The van der Waals surface area contributed by atoms with Crippen LogP contribution in [0.1, 0.15) is 36.6 Å². The van der Waals surface area contributed by atoms with Gasteiger partial charge in [0.15, 0.2) is 5.82 Å². The van der Waals surface area contributed by atoms with Crippen molar-refractivity contribution in [3.8, 4) is 0 Å². The second-order valence-electron chi connectivity index (χ2n) is 6.92. The Balaban J connectivity index is 1.32. The average Bonchev–Trinajstić information content (AvgIpc) is 3.33. The van der Waals surface area contributed by atoms with Crippen molar-refractivity contribution in [2.24, 2.45) is 5.92 Å². The fourth-order valence-electron chi connectivity index (χ4n) is 3.77. The third-order valence-corrected chi connectivity index (χ3v) is 5.24. The van der Waals surface area contributed by atoms with Gasteiger partial charge < -0.3 is 14.3 Å². The van der Waals surface area contributed by atoms with Gasteiger partial charge in [-0.05, 0) is 30.5 Å². The van der Waals surface area contributed by atoms with Crippen LogP contribution >= 0.6 is 0 Å². The summed E-state index contributed by atoms with van der Waals surface area (Å²) >= 11 is 0. The van der Waals surface area contributed by atoms with Crippen LogP contribution in [-0.2, 0) is 16.1 Å².